The number of allylic oxidation sites excluding steroid dienone is 1. The SMILES string of the molecule is CCCCCCCCCCOc1cc(C(=O)Oc2ccc(OC(=O)c3cccc(N4C(=O)C5CC(C6CC(=O)NC6=O)C=C(C)C5C4=O)c3)cc2)cc(OCCCCCCCCCC)c1OCCCCCCCCCC. The Kier molecular flexibility index (Phi) is 24.9. The summed E-state index contributed by atoms with van der Waals surface area (Å²) in [5, 5.41) is 2.34. The predicted octanol–water partition coefficient (Wildman–Crippen LogP) is 14.4. The van der Waals surface area contributed by atoms with Gasteiger partial charge in [-0.3, -0.25) is 24.5 Å². The van der Waals surface area contributed by atoms with E-state index in [0.29, 0.717) is 42.6 Å². The van der Waals surface area contributed by atoms with Crippen LogP contribution >= 0.6 is 0 Å². The number of anilines is 1. The van der Waals surface area contributed by atoms with Gasteiger partial charge in [0, 0.05) is 6.42 Å². The van der Waals surface area contributed by atoms with E-state index in [9.17, 15) is 28.8 Å². The molecule has 4 amide bonds. The lowest BCUT2D eigenvalue weighted by Crippen LogP contribution is -2.32. The Hall–Kier alpha value is -5.98. The molecule has 1 aliphatic carbocycles. The Balaban J connectivity index is 1.10. The number of ether oxygens (including phenoxy) is 5. The first-order chi connectivity index (χ1) is 37.0. The van der Waals surface area contributed by atoms with Crippen LogP contribution in [-0.4, -0.2) is 55.4 Å². The van der Waals surface area contributed by atoms with Crippen LogP contribution in [-0.2, 0) is 19.2 Å². The number of nitrogens with zero attached hydrogens (tertiary/aromatic N) is 1. The minimum absolute atomic E-state index is 0.0465. The van der Waals surface area contributed by atoms with Gasteiger partial charge in [0.05, 0.1) is 54.4 Å². The van der Waals surface area contributed by atoms with E-state index in [1.165, 1.54) is 139 Å². The molecule has 6 rings (SSSR count). The third-order valence-corrected chi connectivity index (χ3v) is 15.0. The van der Waals surface area contributed by atoms with Crippen LogP contribution in [0.5, 0.6) is 28.7 Å². The molecule has 3 aromatic carbocycles. The van der Waals surface area contributed by atoms with Crippen molar-refractivity contribution in [3.8, 4) is 28.7 Å². The van der Waals surface area contributed by atoms with E-state index in [-0.39, 0.29) is 58.9 Å². The summed E-state index contributed by atoms with van der Waals surface area (Å²) in [7, 11) is 0. The van der Waals surface area contributed by atoms with Crippen LogP contribution in [0.2, 0.25) is 0 Å². The number of unbranched alkanes of at least 4 members (excludes halogenated alkanes) is 21. The highest BCUT2D eigenvalue weighted by Crippen LogP contribution is 2.46. The number of carbonyl (C=O) groups excluding carboxylic acids is 6. The molecule has 2 aliphatic heterocycles. The Bertz CT molecular complexity index is 2350. The maximum absolute atomic E-state index is 14.0. The van der Waals surface area contributed by atoms with E-state index < -0.39 is 41.5 Å². The van der Waals surface area contributed by atoms with Crippen molar-refractivity contribution in [2.75, 3.05) is 24.7 Å². The molecule has 13 nitrogen and oxygen atoms in total. The molecule has 76 heavy (non-hydrogen) atoms. The molecule has 3 aromatic rings. The molecular formula is C63H86N2O11. The van der Waals surface area contributed by atoms with Crippen LogP contribution < -0.4 is 33.9 Å². The largest absolute Gasteiger partial charge is 0.490 e. The highest BCUT2D eigenvalue weighted by molar-refractivity contribution is 6.23. The zero-order valence-electron chi connectivity index (χ0n) is 46.1. The lowest BCUT2D eigenvalue weighted by atomic mass is 9.71. The Morgan fingerprint density at radius 3 is 1.47 bits per heavy atom. The highest BCUT2D eigenvalue weighted by atomic mass is 16.6. The zero-order valence-corrected chi connectivity index (χ0v) is 46.1. The minimum Gasteiger partial charge on any atom is -0.490 e. The fourth-order valence-corrected chi connectivity index (χ4v) is 10.7. The Morgan fingerprint density at radius 1 is 0.539 bits per heavy atom. The van der Waals surface area contributed by atoms with Gasteiger partial charge in [-0.05, 0) is 93.1 Å². The van der Waals surface area contributed by atoms with Crippen molar-refractivity contribution in [1.82, 2.24) is 5.32 Å². The van der Waals surface area contributed by atoms with Crippen molar-refractivity contribution in [2.45, 2.75) is 195 Å². The van der Waals surface area contributed by atoms with E-state index in [1.54, 1.807) is 31.2 Å². The molecular weight excluding hydrogens is 961 g/mol. The molecule has 4 unspecified atom stereocenters. The summed E-state index contributed by atoms with van der Waals surface area (Å²) in [6.07, 6.45) is 30.3. The molecule has 2 saturated heterocycles. The molecule has 0 bridgehead atoms. The third kappa shape index (κ3) is 17.8. The average molecular weight is 1050 g/mol. The van der Waals surface area contributed by atoms with E-state index in [1.807, 2.05) is 6.08 Å². The second-order valence-electron chi connectivity index (χ2n) is 21.2. The summed E-state index contributed by atoms with van der Waals surface area (Å²) in [5.41, 5.74) is 1.27. The smallest absolute Gasteiger partial charge is 0.343 e. The molecule has 13 heteroatoms. The summed E-state index contributed by atoms with van der Waals surface area (Å²) < 4.78 is 31.0. The number of amides is 4. The lowest BCUT2D eigenvalue weighted by molar-refractivity contribution is -0.127. The number of hydrogen-bond donors (Lipinski definition) is 1. The quantitative estimate of drug-likeness (QED) is 0.0194. The molecule has 2 heterocycles. The Morgan fingerprint density at radius 2 is 1.00 bits per heavy atom. The lowest BCUT2D eigenvalue weighted by Gasteiger charge is -2.29. The summed E-state index contributed by atoms with van der Waals surface area (Å²) >= 11 is 0. The topological polar surface area (TPSA) is 164 Å². The molecule has 1 N–H and O–H groups in total. The van der Waals surface area contributed by atoms with Gasteiger partial charge < -0.3 is 23.7 Å². The summed E-state index contributed by atoms with van der Waals surface area (Å²) in [4.78, 5) is 80.7. The third-order valence-electron chi connectivity index (χ3n) is 15.0. The molecule has 0 saturated carbocycles. The first-order valence-corrected chi connectivity index (χ1v) is 29.1. The summed E-state index contributed by atoms with van der Waals surface area (Å²) in [5.74, 6) is -3.37. The summed E-state index contributed by atoms with van der Waals surface area (Å²) in [6, 6.07) is 15.6. The number of hydrogen-bond acceptors (Lipinski definition) is 11. The van der Waals surface area contributed by atoms with Crippen LogP contribution in [0.4, 0.5) is 5.69 Å². The second kappa shape index (κ2) is 31.9. The van der Waals surface area contributed by atoms with Gasteiger partial charge in [0.15, 0.2) is 11.5 Å². The van der Waals surface area contributed by atoms with E-state index in [0.717, 1.165) is 56.3 Å². The number of nitrogens with one attached hydrogen (secondary N) is 1. The molecule has 0 spiro atoms. The van der Waals surface area contributed by atoms with Crippen molar-refractivity contribution in [3.63, 3.8) is 0 Å². The van der Waals surface area contributed by atoms with Gasteiger partial charge in [-0.25, -0.2) is 14.5 Å². The van der Waals surface area contributed by atoms with Gasteiger partial charge in [-0.2, -0.15) is 0 Å². The minimum atomic E-state index is -0.722. The standard InChI is InChI=1S/C63H86N2O11/c1-5-8-11-14-17-20-23-26-36-72-54-42-48(43-55(73-37-27-24-21-18-15-12-9-6-2)58(54)74-38-28-25-22-19-16-13-10-7-3)63(71)76-51-34-32-50(33-35-51)75-62(70)46-30-29-31-49(40-46)65-60(68)53-41-47(39-45(4)57(53)61(65)69)52-44-56(66)64-59(52)67/h29-35,39-40,42-43,47,52-53,57H,5-28,36-38,41,44H2,1-4H3,(H,64,66,67). The zero-order chi connectivity index (χ0) is 54.1. The van der Waals surface area contributed by atoms with Crippen molar-refractivity contribution in [2.24, 2.45) is 23.7 Å². The van der Waals surface area contributed by atoms with Gasteiger partial charge in [0.25, 0.3) is 0 Å². The second-order valence-corrected chi connectivity index (χ2v) is 21.2. The maximum Gasteiger partial charge on any atom is 0.343 e. The van der Waals surface area contributed by atoms with Crippen molar-refractivity contribution >= 4 is 41.3 Å². The van der Waals surface area contributed by atoms with Crippen LogP contribution in [0.25, 0.3) is 0 Å². The first-order valence-electron chi connectivity index (χ1n) is 29.1. The number of fused-ring (bicyclic) bond motifs is 1. The van der Waals surface area contributed by atoms with Crippen molar-refractivity contribution < 1.29 is 52.5 Å². The van der Waals surface area contributed by atoms with Gasteiger partial charge in [0.2, 0.25) is 29.4 Å². The molecule has 0 radical (unpaired) electrons. The Labute approximate surface area is 452 Å². The van der Waals surface area contributed by atoms with Gasteiger partial charge >= 0.3 is 11.9 Å². The van der Waals surface area contributed by atoms with Crippen LogP contribution in [0, 0.1) is 23.7 Å². The fourth-order valence-electron chi connectivity index (χ4n) is 10.7. The van der Waals surface area contributed by atoms with Gasteiger partial charge in [-0.15, -0.1) is 0 Å². The average Bonchev–Trinajstić information content (AvgIpc) is 3.89. The van der Waals surface area contributed by atoms with Gasteiger partial charge in [-0.1, -0.05) is 173 Å². The van der Waals surface area contributed by atoms with Crippen molar-refractivity contribution in [1.29, 1.82) is 0 Å². The highest BCUT2D eigenvalue weighted by Gasteiger charge is 2.53. The molecule has 4 atom stereocenters. The normalized spacial score (nSPS) is 18.1. The maximum atomic E-state index is 14.0. The first kappa shape index (κ1) is 59.3. The number of imide groups is 2. The number of carbonyl (C=O) groups is 6. The predicted molar refractivity (Wildman–Crippen MR) is 296 cm³/mol. The number of esters is 2. The van der Waals surface area contributed by atoms with Crippen LogP contribution in [0.1, 0.15) is 215 Å². The van der Waals surface area contributed by atoms with E-state index in [2.05, 4.69) is 26.1 Å². The number of benzene rings is 3. The van der Waals surface area contributed by atoms with Crippen LogP contribution in [0.3, 0.4) is 0 Å². The van der Waals surface area contributed by atoms with E-state index >= 15 is 0 Å². The molecule has 3 aliphatic rings. The fraction of sp³-hybridized carbons (Fsp3) is 0.587. The number of rotatable bonds is 36. The van der Waals surface area contributed by atoms with Gasteiger partial charge in [0.1, 0.15) is 11.5 Å². The summed E-state index contributed by atoms with van der Waals surface area (Å²) in [6.45, 7) is 9.93. The van der Waals surface area contributed by atoms with Crippen molar-refractivity contribution in [3.05, 3.63) is 83.4 Å². The molecule has 414 valence electrons. The van der Waals surface area contributed by atoms with E-state index in [4.69, 9.17) is 23.7 Å². The van der Waals surface area contributed by atoms with Crippen LogP contribution in [0.15, 0.2) is 72.3 Å². The molecule has 0 aromatic heterocycles. The molecule has 2 fully saturated rings. The monoisotopic (exact) mass is 1050 g/mol.